The normalized spacial score (nSPS) is 16.1. The van der Waals surface area contributed by atoms with Crippen LogP contribution in [0.4, 0.5) is 79.4 Å². The fraction of sp³-hybridized carbons (Fsp3) is 0.864. The first-order chi connectivity index (χ1) is 19.9. The molecular formula is C22H25F17N2O5. The van der Waals surface area contributed by atoms with Crippen molar-refractivity contribution in [2.24, 2.45) is 5.92 Å². The van der Waals surface area contributed by atoms with Crippen molar-refractivity contribution < 1.29 is 98.5 Å². The molecule has 24 heteroatoms. The van der Waals surface area contributed by atoms with E-state index in [4.69, 9.17) is 0 Å². The van der Waals surface area contributed by atoms with Crippen LogP contribution in [-0.4, -0.2) is 90.4 Å². The lowest BCUT2D eigenvalue weighted by Gasteiger charge is -2.43. The summed E-state index contributed by atoms with van der Waals surface area (Å²) in [7, 11) is 0.613. The molecule has 1 unspecified atom stereocenters. The van der Waals surface area contributed by atoms with Gasteiger partial charge in [-0.1, -0.05) is 13.8 Å². The lowest BCUT2D eigenvalue weighted by atomic mass is 9.87. The summed E-state index contributed by atoms with van der Waals surface area (Å²) < 4.78 is 243. The lowest BCUT2D eigenvalue weighted by Crippen LogP contribution is -2.76. The van der Waals surface area contributed by atoms with Crippen molar-refractivity contribution in [3.05, 3.63) is 0 Å². The highest BCUT2D eigenvalue weighted by molar-refractivity contribution is 5.90. The highest BCUT2D eigenvalue weighted by atomic mass is 19.4. The first-order valence-electron chi connectivity index (χ1n) is 12.0. The average Bonchev–Trinajstić information content (AvgIpc) is 2.83. The maximum Gasteiger partial charge on any atom is 0.460 e. The van der Waals surface area contributed by atoms with E-state index in [1.807, 2.05) is 0 Å². The van der Waals surface area contributed by atoms with Crippen LogP contribution in [0.15, 0.2) is 0 Å². The molecule has 0 bridgehead atoms. The fourth-order valence-electron chi connectivity index (χ4n) is 3.19. The quantitative estimate of drug-likeness (QED) is 0.166. The molecule has 0 heterocycles. The second kappa shape index (κ2) is 12.9. The number of hydrogen-bond donors (Lipinski definition) is 2. The number of amides is 2. The molecule has 0 aliphatic heterocycles. The van der Waals surface area contributed by atoms with Crippen LogP contribution in [-0.2, 0) is 19.1 Å². The smallest absolute Gasteiger partial charge is 0.460 e. The zero-order valence-corrected chi connectivity index (χ0v) is 23.9. The van der Waals surface area contributed by atoms with Gasteiger partial charge in [0.25, 0.3) is 0 Å². The van der Waals surface area contributed by atoms with Crippen LogP contribution < -0.4 is 10.6 Å². The molecule has 0 aromatic rings. The van der Waals surface area contributed by atoms with Gasteiger partial charge in [0.05, 0.1) is 7.11 Å². The van der Waals surface area contributed by atoms with E-state index in [9.17, 15) is 80.2 Å². The number of alkyl halides is 17. The average molecular weight is 720 g/mol. The molecule has 0 saturated carbocycles. The third-order valence-electron chi connectivity index (χ3n) is 5.54. The second-order valence-corrected chi connectivity index (χ2v) is 10.9. The minimum absolute atomic E-state index is 0.534. The fourth-order valence-corrected chi connectivity index (χ4v) is 3.19. The monoisotopic (exact) mass is 720 g/mol. The summed E-state index contributed by atoms with van der Waals surface area (Å²) in [5, 5.41) is 1.74. The van der Waals surface area contributed by atoms with Crippen molar-refractivity contribution in [2.75, 3.05) is 7.11 Å². The number of rotatable bonds is 13. The van der Waals surface area contributed by atoms with Crippen molar-refractivity contribution in [2.45, 2.75) is 106 Å². The molecule has 46 heavy (non-hydrogen) atoms. The van der Waals surface area contributed by atoms with Crippen LogP contribution in [0, 0.1) is 5.92 Å². The number of esters is 1. The molecule has 0 fully saturated rings. The molecule has 0 rings (SSSR count). The number of methoxy groups -OCH3 is 1. The van der Waals surface area contributed by atoms with Gasteiger partial charge in [-0.05, 0) is 33.1 Å². The Morgan fingerprint density at radius 1 is 0.609 bits per heavy atom. The summed E-state index contributed by atoms with van der Waals surface area (Å²) >= 11 is 0. The number of carbonyl (C=O) groups is 3. The van der Waals surface area contributed by atoms with Gasteiger partial charge in [0.15, 0.2) is 6.04 Å². The van der Waals surface area contributed by atoms with Crippen molar-refractivity contribution in [3.63, 3.8) is 0 Å². The molecule has 0 saturated heterocycles. The van der Waals surface area contributed by atoms with Gasteiger partial charge in [0.1, 0.15) is 11.6 Å². The van der Waals surface area contributed by atoms with E-state index in [0.717, 1.165) is 20.8 Å². The highest BCUT2D eigenvalue weighted by Crippen LogP contribution is 2.64. The zero-order valence-electron chi connectivity index (χ0n) is 23.9. The summed E-state index contributed by atoms with van der Waals surface area (Å²) in [6.45, 7) is 5.39. The van der Waals surface area contributed by atoms with Crippen molar-refractivity contribution in [1.29, 1.82) is 0 Å². The number of alkyl carbamates (subject to hydrolysis) is 1. The van der Waals surface area contributed by atoms with Crippen LogP contribution in [0.25, 0.3) is 0 Å². The first kappa shape index (κ1) is 43.0. The Hall–Kier alpha value is -2.98. The Bertz CT molecular complexity index is 1120. The van der Waals surface area contributed by atoms with E-state index in [2.05, 4.69) is 9.47 Å². The number of carbonyl (C=O) groups excluding carboxylic acids is 3. The Labute approximate surface area is 247 Å². The molecule has 2 atom stereocenters. The maximum atomic E-state index is 15.1. The Morgan fingerprint density at radius 3 is 1.30 bits per heavy atom. The van der Waals surface area contributed by atoms with Gasteiger partial charge >= 0.3 is 59.7 Å². The van der Waals surface area contributed by atoms with E-state index < -0.39 is 95.6 Å². The third kappa shape index (κ3) is 7.59. The number of ether oxygens (including phenoxy) is 2. The molecule has 0 spiro atoms. The van der Waals surface area contributed by atoms with Crippen LogP contribution in [0.1, 0.15) is 41.0 Å². The molecule has 0 aromatic heterocycles. The molecule has 0 radical (unpaired) electrons. The van der Waals surface area contributed by atoms with Crippen molar-refractivity contribution in [1.82, 2.24) is 10.6 Å². The molecule has 2 N–H and O–H groups in total. The Morgan fingerprint density at radius 2 is 0.978 bits per heavy atom. The van der Waals surface area contributed by atoms with Gasteiger partial charge in [0.2, 0.25) is 5.91 Å². The SMILES string of the molecule is COC(=O)[C@H](CC(C)C)NC(=O)C(NC(=O)OC(C)(C)C)C(F)(F)C(F)(F)C(F)(F)C(F)(F)C(F)(F)C(F)(F)C(F)(F)C(F)(F)F. The zero-order chi connectivity index (χ0) is 37.5. The second-order valence-electron chi connectivity index (χ2n) is 10.9. The van der Waals surface area contributed by atoms with Crippen LogP contribution >= 0.6 is 0 Å². The minimum atomic E-state index is -8.91. The molecular weight excluding hydrogens is 695 g/mol. The molecule has 0 aromatic carbocycles. The minimum Gasteiger partial charge on any atom is -0.467 e. The van der Waals surface area contributed by atoms with E-state index >= 15 is 8.78 Å². The van der Waals surface area contributed by atoms with Gasteiger partial charge in [-0.25, -0.2) is 9.59 Å². The van der Waals surface area contributed by atoms with E-state index in [-0.39, 0.29) is 0 Å². The third-order valence-corrected chi connectivity index (χ3v) is 5.54. The summed E-state index contributed by atoms with van der Waals surface area (Å²) in [4.78, 5) is 36.5. The van der Waals surface area contributed by atoms with E-state index in [1.54, 1.807) is 0 Å². The van der Waals surface area contributed by atoms with Gasteiger partial charge in [0, 0.05) is 0 Å². The highest BCUT2D eigenvalue weighted by Gasteiger charge is 2.95. The molecule has 0 aliphatic carbocycles. The maximum absolute atomic E-state index is 15.1. The summed E-state index contributed by atoms with van der Waals surface area (Å²) in [6.07, 6.45) is -11.0. The topological polar surface area (TPSA) is 93.7 Å². The summed E-state index contributed by atoms with van der Waals surface area (Å²) in [6, 6.07) is -6.84. The Balaban J connectivity index is 7.32. The molecule has 0 aliphatic rings. The molecule has 2 amide bonds. The van der Waals surface area contributed by atoms with E-state index in [0.29, 0.717) is 12.4 Å². The molecule has 7 nitrogen and oxygen atoms in total. The predicted molar refractivity (Wildman–Crippen MR) is 117 cm³/mol. The molecule has 272 valence electrons. The first-order valence-corrected chi connectivity index (χ1v) is 12.0. The number of halogens is 17. The van der Waals surface area contributed by atoms with Crippen LogP contribution in [0.5, 0.6) is 0 Å². The van der Waals surface area contributed by atoms with Gasteiger partial charge in [-0.3, -0.25) is 4.79 Å². The van der Waals surface area contributed by atoms with Gasteiger partial charge in [-0.15, -0.1) is 0 Å². The number of hydrogen-bond acceptors (Lipinski definition) is 5. The van der Waals surface area contributed by atoms with Crippen molar-refractivity contribution >= 4 is 18.0 Å². The standard InChI is InChI=1S/C22H25F17N2O5/c1-8(2)7-9(12(43)45-6)40-11(42)10(41-13(44)46-14(3,4)5)15(23,24)16(25,26)17(27,28)18(29,30)19(31,32)20(33,34)21(35,36)22(37,38)39/h8-10H,7H2,1-6H3,(H,40,42)(H,41,44)/t9-,10?/m0/s1. The van der Waals surface area contributed by atoms with Crippen LogP contribution in [0.2, 0.25) is 0 Å². The number of nitrogens with one attached hydrogen (secondary N) is 2. The predicted octanol–water partition coefficient (Wildman–Crippen LogP) is 6.59. The van der Waals surface area contributed by atoms with Gasteiger partial charge < -0.3 is 20.1 Å². The van der Waals surface area contributed by atoms with E-state index in [1.165, 1.54) is 19.2 Å². The largest absolute Gasteiger partial charge is 0.467 e. The van der Waals surface area contributed by atoms with Crippen LogP contribution in [0.3, 0.4) is 0 Å². The van der Waals surface area contributed by atoms with Gasteiger partial charge in [-0.2, -0.15) is 74.6 Å². The van der Waals surface area contributed by atoms with Crippen molar-refractivity contribution in [3.8, 4) is 0 Å². The lowest BCUT2D eigenvalue weighted by molar-refractivity contribution is -0.462. The Kier molecular flexibility index (Phi) is 12.1. The summed E-state index contributed by atoms with van der Waals surface area (Å²) in [5.41, 5.74) is -1.80. The summed E-state index contributed by atoms with van der Waals surface area (Å²) in [5.74, 6) is -64.5.